The number of amides is 2. The smallest absolute Gasteiger partial charge is 0.244 e. The Labute approximate surface area is 209 Å². The molecule has 0 bridgehead atoms. The van der Waals surface area contributed by atoms with E-state index in [0.717, 1.165) is 10.6 Å². The van der Waals surface area contributed by atoms with Crippen molar-refractivity contribution in [3.05, 3.63) is 52.0 Å². The number of nitrogens with one attached hydrogen (secondary N) is 1. The van der Waals surface area contributed by atoms with Gasteiger partial charge in [0.25, 0.3) is 0 Å². The molecule has 2 aromatic rings. The minimum atomic E-state index is -3.95. The zero-order chi connectivity index (χ0) is 25.6. The highest BCUT2D eigenvalue weighted by molar-refractivity contribution is 7.92. The lowest BCUT2D eigenvalue weighted by atomic mass is 10.1. The Bertz CT molecular complexity index is 1140. The van der Waals surface area contributed by atoms with Crippen molar-refractivity contribution in [1.29, 1.82) is 0 Å². The SMILES string of the molecule is CNC(=O)[C@H](C)N(Cc1c(Cl)cccc1Cl)C(=O)CN(c1cc(OC)ccc1OC)S(C)(=O)=O. The lowest BCUT2D eigenvalue weighted by Gasteiger charge is -2.32. The molecule has 1 N–H and O–H groups in total. The molecule has 0 saturated heterocycles. The normalized spacial score (nSPS) is 12.0. The molecule has 2 amide bonds. The van der Waals surface area contributed by atoms with Gasteiger partial charge in [0.05, 0.1) is 26.2 Å². The Kier molecular flexibility index (Phi) is 9.43. The Morgan fingerprint density at radius 1 is 1.09 bits per heavy atom. The maximum atomic E-state index is 13.5. The highest BCUT2D eigenvalue weighted by Crippen LogP contribution is 2.34. The van der Waals surface area contributed by atoms with Crippen LogP contribution in [0.3, 0.4) is 0 Å². The standard InChI is InChI=1S/C22H27Cl2N3O6S/c1-14(22(29)25-2)26(12-16-17(23)7-6-8-18(16)24)21(28)13-27(34(5,30)31)19-11-15(32-3)9-10-20(19)33-4/h6-11,14H,12-13H2,1-5H3,(H,25,29)/t14-/m0/s1. The van der Waals surface area contributed by atoms with Crippen molar-refractivity contribution >= 4 is 50.7 Å². The van der Waals surface area contributed by atoms with Gasteiger partial charge < -0.3 is 19.7 Å². The summed E-state index contributed by atoms with van der Waals surface area (Å²) in [5.41, 5.74) is 0.542. The molecule has 0 aromatic heterocycles. The topological polar surface area (TPSA) is 105 Å². The second-order valence-electron chi connectivity index (χ2n) is 7.32. The number of halogens is 2. The van der Waals surface area contributed by atoms with Gasteiger partial charge in [-0.15, -0.1) is 0 Å². The lowest BCUT2D eigenvalue weighted by Crippen LogP contribution is -2.50. The van der Waals surface area contributed by atoms with Crippen LogP contribution in [-0.4, -0.2) is 65.2 Å². The van der Waals surface area contributed by atoms with Crippen LogP contribution in [0.1, 0.15) is 12.5 Å². The van der Waals surface area contributed by atoms with Crippen molar-refractivity contribution in [2.45, 2.75) is 19.5 Å². The maximum absolute atomic E-state index is 13.5. The number of ether oxygens (including phenoxy) is 2. The summed E-state index contributed by atoms with van der Waals surface area (Å²) in [7, 11) is 0.305. The summed E-state index contributed by atoms with van der Waals surface area (Å²) in [5.74, 6) is -0.502. The predicted octanol–water partition coefficient (Wildman–Crippen LogP) is 2.94. The molecule has 34 heavy (non-hydrogen) atoms. The average Bonchev–Trinajstić information content (AvgIpc) is 2.80. The molecule has 0 fully saturated rings. The van der Waals surface area contributed by atoms with Crippen LogP contribution in [0.25, 0.3) is 0 Å². The molecule has 9 nitrogen and oxygen atoms in total. The number of hydrogen-bond acceptors (Lipinski definition) is 6. The van der Waals surface area contributed by atoms with E-state index in [0.29, 0.717) is 21.4 Å². The van der Waals surface area contributed by atoms with Crippen molar-refractivity contribution in [1.82, 2.24) is 10.2 Å². The molecular formula is C22H27Cl2N3O6S. The molecule has 0 aliphatic carbocycles. The van der Waals surface area contributed by atoms with Crippen LogP contribution in [0.5, 0.6) is 11.5 Å². The number of carbonyl (C=O) groups excluding carboxylic acids is 2. The third-order valence-electron chi connectivity index (χ3n) is 5.14. The molecule has 186 valence electrons. The fourth-order valence-corrected chi connectivity index (χ4v) is 4.59. The van der Waals surface area contributed by atoms with Gasteiger partial charge in [0.2, 0.25) is 21.8 Å². The summed E-state index contributed by atoms with van der Waals surface area (Å²) in [5, 5.41) is 3.11. The van der Waals surface area contributed by atoms with Gasteiger partial charge in [0, 0.05) is 35.3 Å². The van der Waals surface area contributed by atoms with E-state index in [1.807, 2.05) is 0 Å². The van der Waals surface area contributed by atoms with E-state index in [-0.39, 0.29) is 18.0 Å². The van der Waals surface area contributed by atoms with Gasteiger partial charge in [-0.2, -0.15) is 0 Å². The molecule has 12 heteroatoms. The van der Waals surface area contributed by atoms with Crippen molar-refractivity contribution in [2.75, 3.05) is 38.4 Å². The van der Waals surface area contributed by atoms with Crippen LogP contribution < -0.4 is 19.1 Å². The Balaban J connectivity index is 2.53. The van der Waals surface area contributed by atoms with E-state index < -0.39 is 34.4 Å². The van der Waals surface area contributed by atoms with Crippen molar-refractivity contribution in [3.8, 4) is 11.5 Å². The fraction of sp³-hybridized carbons (Fsp3) is 0.364. The predicted molar refractivity (Wildman–Crippen MR) is 132 cm³/mol. The van der Waals surface area contributed by atoms with E-state index in [9.17, 15) is 18.0 Å². The van der Waals surface area contributed by atoms with Gasteiger partial charge in [-0.1, -0.05) is 29.3 Å². The molecule has 0 aliphatic heterocycles. The number of rotatable bonds is 10. The van der Waals surface area contributed by atoms with Crippen LogP contribution in [0.2, 0.25) is 10.0 Å². The monoisotopic (exact) mass is 531 g/mol. The number of likely N-dealkylation sites (N-methyl/N-ethyl adjacent to an activating group) is 1. The second kappa shape index (κ2) is 11.6. The van der Waals surface area contributed by atoms with Crippen LogP contribution in [0.4, 0.5) is 5.69 Å². The molecule has 0 radical (unpaired) electrons. The Morgan fingerprint density at radius 2 is 1.71 bits per heavy atom. The molecule has 1 atom stereocenters. The zero-order valence-corrected chi connectivity index (χ0v) is 21.8. The Hall–Kier alpha value is -2.69. The van der Waals surface area contributed by atoms with Gasteiger partial charge in [0.1, 0.15) is 24.1 Å². The number of nitrogens with zero attached hydrogens (tertiary/aromatic N) is 2. The van der Waals surface area contributed by atoms with Crippen LogP contribution >= 0.6 is 23.2 Å². The molecule has 2 rings (SSSR count). The van der Waals surface area contributed by atoms with Crippen LogP contribution in [0.15, 0.2) is 36.4 Å². The van der Waals surface area contributed by atoms with E-state index in [1.165, 1.54) is 45.2 Å². The summed E-state index contributed by atoms with van der Waals surface area (Å²) < 4.78 is 36.9. The first-order chi connectivity index (χ1) is 15.9. The number of methoxy groups -OCH3 is 2. The van der Waals surface area contributed by atoms with Gasteiger partial charge in [0.15, 0.2) is 0 Å². The van der Waals surface area contributed by atoms with E-state index in [1.54, 1.807) is 24.3 Å². The summed E-state index contributed by atoms with van der Waals surface area (Å²) in [6.45, 7) is 0.808. The molecule has 0 saturated carbocycles. The van der Waals surface area contributed by atoms with Crippen LogP contribution in [0, 0.1) is 0 Å². The summed E-state index contributed by atoms with van der Waals surface area (Å²) in [4.78, 5) is 27.1. The van der Waals surface area contributed by atoms with Gasteiger partial charge in [-0.3, -0.25) is 13.9 Å². The van der Waals surface area contributed by atoms with E-state index in [2.05, 4.69) is 5.32 Å². The minimum Gasteiger partial charge on any atom is -0.497 e. The summed E-state index contributed by atoms with van der Waals surface area (Å²) >= 11 is 12.6. The van der Waals surface area contributed by atoms with Crippen molar-refractivity contribution in [3.63, 3.8) is 0 Å². The van der Waals surface area contributed by atoms with Crippen LogP contribution in [-0.2, 0) is 26.2 Å². The minimum absolute atomic E-state index is 0.112. The largest absolute Gasteiger partial charge is 0.497 e. The van der Waals surface area contributed by atoms with Crippen molar-refractivity contribution < 1.29 is 27.5 Å². The Morgan fingerprint density at radius 3 is 2.21 bits per heavy atom. The number of sulfonamides is 1. The average molecular weight is 532 g/mol. The molecule has 2 aromatic carbocycles. The first-order valence-electron chi connectivity index (χ1n) is 10.1. The summed E-state index contributed by atoms with van der Waals surface area (Å²) in [6.07, 6.45) is 0.969. The van der Waals surface area contributed by atoms with Gasteiger partial charge in [-0.05, 0) is 31.2 Å². The highest BCUT2D eigenvalue weighted by Gasteiger charge is 2.31. The molecular weight excluding hydrogens is 505 g/mol. The lowest BCUT2D eigenvalue weighted by molar-refractivity contribution is -0.139. The molecule has 0 unspecified atom stereocenters. The second-order valence-corrected chi connectivity index (χ2v) is 10.0. The first-order valence-corrected chi connectivity index (χ1v) is 12.7. The number of anilines is 1. The molecule has 0 aliphatic rings. The maximum Gasteiger partial charge on any atom is 0.244 e. The number of benzene rings is 2. The van der Waals surface area contributed by atoms with Crippen molar-refractivity contribution in [2.24, 2.45) is 0 Å². The third-order valence-corrected chi connectivity index (χ3v) is 6.97. The molecule has 0 heterocycles. The number of hydrogen-bond donors (Lipinski definition) is 1. The third kappa shape index (κ3) is 6.46. The highest BCUT2D eigenvalue weighted by atomic mass is 35.5. The van der Waals surface area contributed by atoms with Gasteiger partial charge >= 0.3 is 0 Å². The first kappa shape index (κ1) is 27.6. The van der Waals surface area contributed by atoms with E-state index >= 15 is 0 Å². The fourth-order valence-electron chi connectivity index (χ4n) is 3.23. The number of carbonyl (C=O) groups is 2. The quantitative estimate of drug-likeness (QED) is 0.505. The van der Waals surface area contributed by atoms with Gasteiger partial charge in [-0.25, -0.2) is 8.42 Å². The molecule has 0 spiro atoms. The zero-order valence-electron chi connectivity index (χ0n) is 19.5. The van der Waals surface area contributed by atoms with E-state index in [4.69, 9.17) is 32.7 Å². The summed E-state index contributed by atoms with van der Waals surface area (Å²) in [6, 6.07) is 8.52.